The van der Waals surface area contributed by atoms with Crippen LogP contribution in [0, 0.1) is 14.9 Å². The van der Waals surface area contributed by atoms with Gasteiger partial charge >= 0.3 is 0 Å². The smallest absolute Gasteiger partial charge is 0.262 e. The number of para-hydroxylation sites is 1. The number of amides is 1. The molecule has 0 aromatic heterocycles. The van der Waals surface area contributed by atoms with Crippen LogP contribution in [0.2, 0.25) is 0 Å². The van der Waals surface area contributed by atoms with Crippen molar-refractivity contribution in [1.82, 2.24) is 0 Å². The number of hydrogen-bond acceptors (Lipinski definition) is 3. The summed E-state index contributed by atoms with van der Waals surface area (Å²) in [4.78, 5) is 11.8. The Balaban J connectivity index is 1.93. The van der Waals surface area contributed by atoms with Crippen molar-refractivity contribution < 1.29 is 9.53 Å². The Labute approximate surface area is 130 Å². The van der Waals surface area contributed by atoms with Crippen molar-refractivity contribution in [3.63, 3.8) is 0 Å². The van der Waals surface area contributed by atoms with Gasteiger partial charge in [0, 0.05) is 3.57 Å². The lowest BCUT2D eigenvalue weighted by Crippen LogP contribution is -2.20. The van der Waals surface area contributed by atoms with Crippen LogP contribution in [0.15, 0.2) is 48.5 Å². The van der Waals surface area contributed by atoms with Gasteiger partial charge in [0.1, 0.15) is 11.8 Å². The first-order valence-electron chi connectivity index (χ1n) is 5.86. The van der Waals surface area contributed by atoms with Crippen molar-refractivity contribution in [2.45, 2.75) is 0 Å². The molecule has 0 fully saturated rings. The topological polar surface area (TPSA) is 62.1 Å². The molecule has 0 saturated carbocycles. The number of anilines is 1. The zero-order valence-electron chi connectivity index (χ0n) is 10.5. The lowest BCUT2D eigenvalue weighted by Gasteiger charge is -2.08. The second-order valence-electron chi connectivity index (χ2n) is 3.95. The van der Waals surface area contributed by atoms with E-state index in [2.05, 4.69) is 27.9 Å². The second-order valence-corrected chi connectivity index (χ2v) is 5.19. The minimum Gasteiger partial charge on any atom is -0.484 e. The number of nitrogens with one attached hydrogen (secondary N) is 1. The number of rotatable bonds is 4. The van der Waals surface area contributed by atoms with Gasteiger partial charge < -0.3 is 10.1 Å². The summed E-state index contributed by atoms with van der Waals surface area (Å²) in [6.07, 6.45) is 0. The molecule has 2 aromatic carbocycles. The van der Waals surface area contributed by atoms with Gasteiger partial charge in [-0.3, -0.25) is 4.79 Å². The maximum absolute atomic E-state index is 11.8. The van der Waals surface area contributed by atoms with Crippen molar-refractivity contribution in [2.75, 3.05) is 11.9 Å². The fraction of sp³-hybridized carbons (Fsp3) is 0.0667. The average molecular weight is 378 g/mol. The zero-order chi connectivity index (χ0) is 14.4. The van der Waals surface area contributed by atoms with Crippen molar-refractivity contribution >= 4 is 34.2 Å². The Morgan fingerprint density at radius 3 is 2.60 bits per heavy atom. The fourth-order valence-electron chi connectivity index (χ4n) is 1.56. The van der Waals surface area contributed by atoms with Crippen LogP contribution in [-0.4, -0.2) is 12.5 Å². The largest absolute Gasteiger partial charge is 0.484 e. The molecule has 0 spiro atoms. The lowest BCUT2D eigenvalue weighted by atomic mass is 10.2. The minimum absolute atomic E-state index is 0.0969. The van der Waals surface area contributed by atoms with Crippen molar-refractivity contribution in [2.24, 2.45) is 0 Å². The third-order valence-electron chi connectivity index (χ3n) is 2.51. The Bertz CT molecular complexity index is 648. The molecule has 100 valence electrons. The maximum atomic E-state index is 11.8. The van der Waals surface area contributed by atoms with Crippen LogP contribution in [0.5, 0.6) is 5.75 Å². The van der Waals surface area contributed by atoms with Gasteiger partial charge in [0.2, 0.25) is 0 Å². The first-order valence-corrected chi connectivity index (χ1v) is 6.94. The number of nitrogens with zero attached hydrogens (tertiary/aromatic N) is 1. The van der Waals surface area contributed by atoms with Gasteiger partial charge in [-0.2, -0.15) is 5.26 Å². The van der Waals surface area contributed by atoms with E-state index < -0.39 is 0 Å². The molecule has 4 nitrogen and oxygen atoms in total. The monoisotopic (exact) mass is 378 g/mol. The van der Waals surface area contributed by atoms with Gasteiger partial charge in [0.15, 0.2) is 6.61 Å². The molecule has 0 atom stereocenters. The summed E-state index contributed by atoms with van der Waals surface area (Å²) in [5.74, 6) is 0.334. The number of carbonyl (C=O) groups is 1. The molecule has 0 aliphatic carbocycles. The van der Waals surface area contributed by atoms with E-state index in [4.69, 9.17) is 10.00 Å². The summed E-state index contributed by atoms with van der Waals surface area (Å²) in [5.41, 5.74) is 0.918. The van der Waals surface area contributed by atoms with Crippen molar-refractivity contribution in [3.8, 4) is 11.8 Å². The van der Waals surface area contributed by atoms with E-state index in [0.29, 0.717) is 17.0 Å². The molecule has 0 heterocycles. The lowest BCUT2D eigenvalue weighted by molar-refractivity contribution is -0.118. The molecule has 2 rings (SSSR count). The fourth-order valence-corrected chi connectivity index (χ4v) is 1.92. The highest BCUT2D eigenvalue weighted by atomic mass is 127. The maximum Gasteiger partial charge on any atom is 0.262 e. The Morgan fingerprint density at radius 2 is 1.90 bits per heavy atom. The number of hydrogen-bond donors (Lipinski definition) is 1. The van der Waals surface area contributed by atoms with Crippen LogP contribution in [-0.2, 0) is 4.79 Å². The molecule has 0 aliphatic rings. The first kappa shape index (κ1) is 14.3. The molecule has 1 amide bonds. The van der Waals surface area contributed by atoms with Crippen LogP contribution >= 0.6 is 22.6 Å². The molecule has 20 heavy (non-hydrogen) atoms. The molecule has 0 aliphatic heterocycles. The summed E-state index contributed by atoms with van der Waals surface area (Å²) < 4.78 is 6.47. The molecule has 0 bridgehead atoms. The molecule has 0 radical (unpaired) electrons. The number of halogens is 1. The van der Waals surface area contributed by atoms with Gasteiger partial charge in [-0.15, -0.1) is 0 Å². The van der Waals surface area contributed by atoms with Gasteiger partial charge in [0.05, 0.1) is 11.3 Å². The number of ether oxygens (including phenoxy) is 1. The highest BCUT2D eigenvalue weighted by molar-refractivity contribution is 14.1. The van der Waals surface area contributed by atoms with Crippen LogP contribution in [0.1, 0.15) is 5.56 Å². The Morgan fingerprint density at radius 1 is 1.20 bits per heavy atom. The van der Waals surface area contributed by atoms with E-state index in [-0.39, 0.29) is 12.5 Å². The van der Waals surface area contributed by atoms with E-state index in [1.165, 1.54) is 0 Å². The number of nitriles is 1. The quantitative estimate of drug-likeness (QED) is 0.832. The zero-order valence-corrected chi connectivity index (χ0v) is 12.6. The minimum atomic E-state index is -0.300. The van der Waals surface area contributed by atoms with E-state index in [1.54, 1.807) is 36.4 Å². The van der Waals surface area contributed by atoms with Crippen LogP contribution < -0.4 is 10.1 Å². The van der Waals surface area contributed by atoms with E-state index in [0.717, 1.165) is 3.57 Å². The molecule has 5 heteroatoms. The molecule has 2 aromatic rings. The van der Waals surface area contributed by atoms with Crippen molar-refractivity contribution in [3.05, 3.63) is 57.7 Å². The highest BCUT2D eigenvalue weighted by Gasteiger charge is 2.06. The number of carbonyl (C=O) groups excluding carboxylic acids is 1. The van der Waals surface area contributed by atoms with Crippen molar-refractivity contribution in [1.29, 1.82) is 5.26 Å². The normalized spacial score (nSPS) is 9.60. The molecule has 1 N–H and O–H groups in total. The SMILES string of the molecule is N#Cc1ccccc1NC(=O)COc1ccc(I)cc1. The Hall–Kier alpha value is -2.07. The highest BCUT2D eigenvalue weighted by Crippen LogP contribution is 2.15. The summed E-state index contributed by atoms with van der Waals surface area (Å²) in [6, 6.07) is 16.3. The summed E-state index contributed by atoms with van der Waals surface area (Å²) in [5, 5.41) is 11.6. The number of benzene rings is 2. The predicted octanol–water partition coefficient (Wildman–Crippen LogP) is 3.18. The third kappa shape index (κ3) is 3.96. The summed E-state index contributed by atoms with van der Waals surface area (Å²) in [6.45, 7) is -0.0969. The summed E-state index contributed by atoms with van der Waals surface area (Å²) >= 11 is 2.20. The third-order valence-corrected chi connectivity index (χ3v) is 3.22. The molecular weight excluding hydrogens is 367 g/mol. The van der Waals surface area contributed by atoms with E-state index in [9.17, 15) is 4.79 Å². The van der Waals surface area contributed by atoms with Crippen LogP contribution in [0.4, 0.5) is 5.69 Å². The van der Waals surface area contributed by atoms with E-state index in [1.807, 2.05) is 18.2 Å². The molecule has 0 saturated heterocycles. The van der Waals surface area contributed by atoms with Gasteiger partial charge in [0.25, 0.3) is 5.91 Å². The van der Waals surface area contributed by atoms with Gasteiger partial charge in [-0.25, -0.2) is 0 Å². The summed E-state index contributed by atoms with van der Waals surface area (Å²) in [7, 11) is 0. The molecule has 0 unspecified atom stereocenters. The van der Waals surface area contributed by atoms with Crippen LogP contribution in [0.25, 0.3) is 0 Å². The van der Waals surface area contributed by atoms with E-state index >= 15 is 0 Å². The molecular formula is C15H11IN2O2. The second kappa shape index (κ2) is 6.91. The first-order chi connectivity index (χ1) is 9.69. The van der Waals surface area contributed by atoms with Crippen LogP contribution in [0.3, 0.4) is 0 Å². The Kier molecular flexibility index (Phi) is 4.96. The van der Waals surface area contributed by atoms with Gasteiger partial charge in [-0.05, 0) is 59.0 Å². The van der Waals surface area contributed by atoms with Gasteiger partial charge in [-0.1, -0.05) is 12.1 Å². The predicted molar refractivity (Wildman–Crippen MR) is 84.4 cm³/mol. The average Bonchev–Trinajstić information content (AvgIpc) is 2.47. The standard InChI is InChI=1S/C15H11IN2O2/c16-12-5-7-13(8-6-12)20-10-15(19)18-14-4-2-1-3-11(14)9-17/h1-8H,10H2,(H,18,19).